The first kappa shape index (κ1) is 10.6. The summed E-state index contributed by atoms with van der Waals surface area (Å²) in [6, 6.07) is 0. The molecule has 0 amide bonds. The lowest BCUT2D eigenvalue weighted by molar-refractivity contribution is -0.137. The quantitative estimate of drug-likeness (QED) is 0.767. The number of imidazole rings is 1. The second-order valence-corrected chi connectivity index (χ2v) is 4.16. The molecule has 0 aromatic carbocycles. The summed E-state index contributed by atoms with van der Waals surface area (Å²) in [6.07, 6.45) is 3.63. The van der Waals surface area contributed by atoms with Gasteiger partial charge < -0.3 is 19.8 Å². The van der Waals surface area contributed by atoms with Crippen LogP contribution in [0.5, 0.6) is 0 Å². The van der Waals surface area contributed by atoms with Gasteiger partial charge in [-0.1, -0.05) is 0 Å². The van der Waals surface area contributed by atoms with Crippen LogP contribution in [0.1, 0.15) is 19.5 Å². The molecule has 0 bridgehead atoms. The fourth-order valence-corrected chi connectivity index (χ4v) is 1.61. The zero-order valence-electron chi connectivity index (χ0n) is 9.12. The van der Waals surface area contributed by atoms with Gasteiger partial charge >= 0.3 is 0 Å². The molecule has 0 aliphatic carbocycles. The third kappa shape index (κ3) is 3.02. The molecule has 1 fully saturated rings. The van der Waals surface area contributed by atoms with E-state index in [1.165, 1.54) is 0 Å². The highest BCUT2D eigenvalue weighted by Gasteiger charge is 2.32. The molecule has 0 spiro atoms. The number of ether oxygens (including phenoxy) is 2. The van der Waals surface area contributed by atoms with Gasteiger partial charge in [0.25, 0.3) is 0 Å². The minimum absolute atomic E-state index is 0.142. The maximum absolute atomic E-state index is 5.66. The Kier molecular flexibility index (Phi) is 3.04. The van der Waals surface area contributed by atoms with E-state index in [4.69, 9.17) is 9.47 Å². The molecule has 2 heterocycles. The van der Waals surface area contributed by atoms with Crippen molar-refractivity contribution in [3.63, 3.8) is 0 Å². The van der Waals surface area contributed by atoms with E-state index in [0.717, 1.165) is 18.8 Å². The zero-order chi connectivity index (χ0) is 10.7. The monoisotopic (exact) mass is 211 g/mol. The molecule has 84 valence electrons. The molecule has 1 atom stereocenters. The number of nitrogens with zero attached hydrogens (tertiary/aromatic N) is 1. The Morgan fingerprint density at radius 3 is 3.13 bits per heavy atom. The molecule has 5 nitrogen and oxygen atoms in total. The third-order valence-corrected chi connectivity index (χ3v) is 2.31. The molecule has 2 N–H and O–H groups in total. The van der Waals surface area contributed by atoms with Crippen molar-refractivity contribution >= 4 is 0 Å². The maximum Gasteiger partial charge on any atom is 0.163 e. The second kappa shape index (κ2) is 4.30. The van der Waals surface area contributed by atoms with Gasteiger partial charge in [-0.15, -0.1) is 0 Å². The molecule has 1 unspecified atom stereocenters. The number of nitrogens with one attached hydrogen (secondary N) is 2. The largest absolute Gasteiger partial charge is 0.348 e. The van der Waals surface area contributed by atoms with Crippen molar-refractivity contribution in [2.75, 3.05) is 13.2 Å². The van der Waals surface area contributed by atoms with Crippen LogP contribution in [0.3, 0.4) is 0 Å². The van der Waals surface area contributed by atoms with Crippen LogP contribution in [0.15, 0.2) is 12.5 Å². The summed E-state index contributed by atoms with van der Waals surface area (Å²) in [6.45, 7) is 6.09. The Balaban J connectivity index is 1.67. The van der Waals surface area contributed by atoms with Crippen LogP contribution >= 0.6 is 0 Å². The summed E-state index contributed by atoms with van der Waals surface area (Å²) in [5.74, 6) is -0.430. The summed E-state index contributed by atoms with van der Waals surface area (Å²) in [5, 5.41) is 3.29. The molecule has 15 heavy (non-hydrogen) atoms. The van der Waals surface area contributed by atoms with Gasteiger partial charge in [-0.05, 0) is 13.8 Å². The summed E-state index contributed by atoms with van der Waals surface area (Å²) in [7, 11) is 0. The van der Waals surface area contributed by atoms with Gasteiger partial charge in [0.1, 0.15) is 0 Å². The minimum Gasteiger partial charge on any atom is -0.348 e. The van der Waals surface area contributed by atoms with E-state index in [-0.39, 0.29) is 6.10 Å². The van der Waals surface area contributed by atoms with E-state index in [1.807, 2.05) is 20.0 Å². The highest BCUT2D eigenvalue weighted by atomic mass is 16.7. The molecule has 2 rings (SSSR count). The predicted octanol–water partition coefficient (Wildman–Crippen LogP) is 0.651. The SMILES string of the molecule is CC1(C)OCC(CNCc2cnc[nH]2)O1. The minimum atomic E-state index is -0.430. The average molecular weight is 211 g/mol. The van der Waals surface area contributed by atoms with Gasteiger partial charge in [-0.2, -0.15) is 0 Å². The first-order chi connectivity index (χ1) is 7.16. The van der Waals surface area contributed by atoms with Crippen LogP contribution in [0.2, 0.25) is 0 Å². The van der Waals surface area contributed by atoms with E-state index in [1.54, 1.807) is 6.33 Å². The van der Waals surface area contributed by atoms with E-state index in [2.05, 4.69) is 15.3 Å². The molecule has 1 aliphatic heterocycles. The lowest BCUT2D eigenvalue weighted by atomic mass is 10.3. The first-order valence-electron chi connectivity index (χ1n) is 5.15. The highest BCUT2D eigenvalue weighted by Crippen LogP contribution is 2.21. The van der Waals surface area contributed by atoms with Crippen molar-refractivity contribution < 1.29 is 9.47 Å². The van der Waals surface area contributed by atoms with Gasteiger partial charge in [0.05, 0.1) is 19.0 Å². The molecular formula is C10H17N3O2. The number of hydrogen-bond donors (Lipinski definition) is 2. The highest BCUT2D eigenvalue weighted by molar-refractivity contribution is 4.93. The third-order valence-electron chi connectivity index (χ3n) is 2.31. The predicted molar refractivity (Wildman–Crippen MR) is 55.2 cm³/mol. The Labute approximate surface area is 89.2 Å². The molecule has 5 heteroatoms. The Bertz CT molecular complexity index is 298. The van der Waals surface area contributed by atoms with Crippen molar-refractivity contribution in [1.82, 2.24) is 15.3 Å². The fourth-order valence-electron chi connectivity index (χ4n) is 1.61. The van der Waals surface area contributed by atoms with Crippen LogP contribution in [0.4, 0.5) is 0 Å². The summed E-state index contributed by atoms with van der Waals surface area (Å²) in [4.78, 5) is 6.98. The standard InChI is InChI=1S/C10H17N3O2/c1-10(2)14-6-9(15-10)5-11-3-8-4-12-7-13-8/h4,7,9,11H,3,5-6H2,1-2H3,(H,12,13). The fraction of sp³-hybridized carbons (Fsp3) is 0.700. The van der Waals surface area contributed by atoms with Gasteiger partial charge in [0.15, 0.2) is 5.79 Å². The molecule has 1 aromatic rings. The normalized spacial score (nSPS) is 24.5. The van der Waals surface area contributed by atoms with Gasteiger partial charge in [-0.3, -0.25) is 0 Å². The van der Waals surface area contributed by atoms with Crippen molar-refractivity contribution in [3.8, 4) is 0 Å². The average Bonchev–Trinajstić information content (AvgIpc) is 2.76. The molecule has 0 saturated carbocycles. The van der Waals surface area contributed by atoms with Crippen LogP contribution in [-0.2, 0) is 16.0 Å². The lowest BCUT2D eigenvalue weighted by Gasteiger charge is -2.17. The number of rotatable bonds is 4. The topological polar surface area (TPSA) is 59.2 Å². The van der Waals surface area contributed by atoms with Gasteiger partial charge in [0.2, 0.25) is 0 Å². The number of aromatic nitrogens is 2. The van der Waals surface area contributed by atoms with E-state index < -0.39 is 5.79 Å². The summed E-state index contributed by atoms with van der Waals surface area (Å²) >= 11 is 0. The molecular weight excluding hydrogens is 194 g/mol. The van der Waals surface area contributed by atoms with Crippen LogP contribution in [0, 0.1) is 0 Å². The number of H-pyrrole nitrogens is 1. The Morgan fingerprint density at radius 1 is 1.67 bits per heavy atom. The van der Waals surface area contributed by atoms with Crippen molar-refractivity contribution in [1.29, 1.82) is 0 Å². The van der Waals surface area contributed by atoms with Crippen molar-refractivity contribution in [2.24, 2.45) is 0 Å². The summed E-state index contributed by atoms with van der Waals surface area (Å²) < 4.78 is 11.1. The first-order valence-corrected chi connectivity index (χ1v) is 5.15. The Morgan fingerprint density at radius 2 is 2.53 bits per heavy atom. The lowest BCUT2D eigenvalue weighted by Crippen LogP contribution is -2.30. The molecule has 1 aliphatic rings. The smallest absolute Gasteiger partial charge is 0.163 e. The molecule has 1 saturated heterocycles. The Hall–Kier alpha value is -0.910. The van der Waals surface area contributed by atoms with Gasteiger partial charge in [-0.25, -0.2) is 4.98 Å². The zero-order valence-corrected chi connectivity index (χ0v) is 9.12. The van der Waals surface area contributed by atoms with Crippen LogP contribution < -0.4 is 5.32 Å². The second-order valence-electron chi connectivity index (χ2n) is 4.16. The number of hydrogen-bond acceptors (Lipinski definition) is 4. The van der Waals surface area contributed by atoms with Gasteiger partial charge in [0, 0.05) is 25.0 Å². The van der Waals surface area contributed by atoms with Crippen LogP contribution in [-0.4, -0.2) is 35.0 Å². The maximum atomic E-state index is 5.66. The van der Waals surface area contributed by atoms with E-state index >= 15 is 0 Å². The van der Waals surface area contributed by atoms with E-state index in [0.29, 0.717) is 6.61 Å². The van der Waals surface area contributed by atoms with Crippen molar-refractivity contribution in [3.05, 3.63) is 18.2 Å². The molecule has 0 radical (unpaired) electrons. The number of aromatic amines is 1. The van der Waals surface area contributed by atoms with Crippen LogP contribution in [0.25, 0.3) is 0 Å². The van der Waals surface area contributed by atoms with Crippen molar-refractivity contribution in [2.45, 2.75) is 32.3 Å². The summed E-state index contributed by atoms with van der Waals surface area (Å²) in [5.41, 5.74) is 1.08. The van der Waals surface area contributed by atoms with E-state index in [9.17, 15) is 0 Å². The molecule has 1 aromatic heterocycles.